The number of nitrogens with zero attached hydrogens (tertiary/aromatic N) is 2. The van der Waals surface area contributed by atoms with Gasteiger partial charge in [-0.2, -0.15) is 0 Å². The van der Waals surface area contributed by atoms with Crippen molar-refractivity contribution < 1.29 is 0 Å². The average molecular weight is 571 g/mol. The molecule has 0 amide bonds. The fourth-order valence-electron chi connectivity index (χ4n) is 6.28. The van der Waals surface area contributed by atoms with Crippen molar-refractivity contribution in [2.24, 2.45) is 0 Å². The predicted molar refractivity (Wildman–Crippen MR) is 178 cm³/mol. The van der Waals surface area contributed by atoms with Gasteiger partial charge in [0.2, 0.25) is 0 Å². The first-order valence-corrected chi connectivity index (χ1v) is 14.5. The Morgan fingerprint density at radius 1 is 0.341 bits per heavy atom. The lowest BCUT2D eigenvalue weighted by Crippen LogP contribution is -1.89. The van der Waals surface area contributed by atoms with Crippen LogP contribution in [0.25, 0.3) is 91.4 Å². The van der Waals surface area contributed by atoms with E-state index < -0.39 is 0 Å². The van der Waals surface area contributed by atoms with E-state index in [9.17, 15) is 0 Å². The second-order valence-corrected chi connectivity index (χ2v) is 10.8. The summed E-state index contributed by atoms with van der Waals surface area (Å²) < 4.78 is 0. The summed E-state index contributed by atoms with van der Waals surface area (Å²) in [7, 11) is 0. The molecule has 2 aliphatic rings. The summed E-state index contributed by atoms with van der Waals surface area (Å²) in [6, 6.07) is 24.8. The Bertz CT molecular complexity index is 2030. The van der Waals surface area contributed by atoms with Crippen LogP contribution in [0.2, 0.25) is 0 Å². The molecular weight excluding hydrogens is 544 g/mol. The molecular formula is C36H26N8. The van der Waals surface area contributed by atoms with Crippen LogP contribution in [-0.4, -0.2) is 39.9 Å². The molecule has 8 heteroatoms. The van der Waals surface area contributed by atoms with Gasteiger partial charge in [0.1, 0.15) is 0 Å². The standard InChI is InChI=1S/C36H26N8/c1-5-21(37-17-1)33-25-9-11-27(41-25)34(22-6-2-18-38-22)29-13-15-31(43-29)36(24-8-4-20-40-24)32-16-14-30(44-32)35(23-7-3-19-39-23)28-12-10-26(33)42-28/h1-20,37-41,44H. The highest BCUT2D eigenvalue weighted by Crippen LogP contribution is 2.37. The molecule has 0 saturated heterocycles. The molecule has 7 aromatic heterocycles. The fraction of sp³-hybridized carbons (Fsp3) is 0. The second-order valence-electron chi connectivity index (χ2n) is 10.8. The zero-order valence-corrected chi connectivity index (χ0v) is 23.4. The Morgan fingerprint density at radius 3 is 0.841 bits per heavy atom. The van der Waals surface area contributed by atoms with Crippen molar-refractivity contribution in [1.82, 2.24) is 39.9 Å². The van der Waals surface area contributed by atoms with Gasteiger partial charge in [-0.05, 0) is 97.1 Å². The van der Waals surface area contributed by atoms with Crippen LogP contribution in [0.15, 0.2) is 97.6 Å². The van der Waals surface area contributed by atoms with Crippen molar-refractivity contribution in [3.05, 3.63) is 120 Å². The van der Waals surface area contributed by atoms with Gasteiger partial charge in [-0.15, -0.1) is 0 Å². The van der Waals surface area contributed by atoms with Gasteiger partial charge in [0.15, 0.2) is 0 Å². The largest absolute Gasteiger partial charge is 0.361 e. The quantitative estimate of drug-likeness (QED) is 0.127. The molecule has 0 saturated carbocycles. The molecule has 9 rings (SSSR count). The monoisotopic (exact) mass is 570 g/mol. The third kappa shape index (κ3) is 3.85. The third-order valence-electron chi connectivity index (χ3n) is 8.22. The molecule has 44 heavy (non-hydrogen) atoms. The van der Waals surface area contributed by atoms with Gasteiger partial charge in [-0.25, -0.2) is 9.97 Å². The topological polar surface area (TPSA) is 121 Å². The van der Waals surface area contributed by atoms with Gasteiger partial charge in [-0.3, -0.25) is 0 Å². The lowest BCUT2D eigenvalue weighted by molar-refractivity contribution is 1.28. The number of hydrogen-bond acceptors (Lipinski definition) is 2. The van der Waals surface area contributed by atoms with Gasteiger partial charge in [-0.1, -0.05) is 0 Å². The molecule has 0 spiro atoms. The fourth-order valence-corrected chi connectivity index (χ4v) is 6.28. The van der Waals surface area contributed by atoms with Gasteiger partial charge >= 0.3 is 0 Å². The van der Waals surface area contributed by atoms with Crippen molar-refractivity contribution in [2.45, 2.75) is 0 Å². The average Bonchev–Trinajstić information content (AvgIpc) is 3.90. The summed E-state index contributed by atoms with van der Waals surface area (Å²) in [4.78, 5) is 31.6. The Balaban J connectivity index is 1.49. The van der Waals surface area contributed by atoms with E-state index in [1.807, 2.05) is 49.1 Å². The number of aromatic amines is 6. The van der Waals surface area contributed by atoms with Crippen molar-refractivity contribution in [3.63, 3.8) is 0 Å². The van der Waals surface area contributed by atoms with E-state index in [1.54, 1.807) is 0 Å². The Morgan fingerprint density at radius 2 is 0.614 bits per heavy atom. The molecule has 8 nitrogen and oxygen atoms in total. The first-order valence-electron chi connectivity index (χ1n) is 14.5. The minimum absolute atomic E-state index is 0.868. The van der Waals surface area contributed by atoms with Crippen LogP contribution >= 0.6 is 0 Å². The molecule has 7 aromatic rings. The summed E-state index contributed by atoms with van der Waals surface area (Å²) in [6.45, 7) is 0. The summed E-state index contributed by atoms with van der Waals surface area (Å²) in [5, 5.41) is 0. The Kier molecular flexibility index (Phi) is 5.33. The molecule has 8 bridgehead atoms. The molecule has 0 atom stereocenters. The molecule has 9 heterocycles. The maximum atomic E-state index is 5.24. The van der Waals surface area contributed by atoms with Gasteiger partial charge in [0.25, 0.3) is 0 Å². The van der Waals surface area contributed by atoms with Crippen LogP contribution < -0.4 is 0 Å². The molecule has 0 radical (unpaired) electrons. The number of fused-ring (bicyclic) bond motifs is 8. The number of rotatable bonds is 4. The Hall–Kier alpha value is -6.28. The van der Waals surface area contributed by atoms with Crippen molar-refractivity contribution in [1.29, 1.82) is 0 Å². The lowest BCUT2D eigenvalue weighted by Gasteiger charge is -2.04. The SMILES string of the molecule is C1=Cc2nc1c(-c1ccc[nH]1)c1ccc([nH]1)c(-c1ccc[nH]1)c1nc(c(-c3ccc[nH]3)c3ccc([nH]3)c2-c2ccc[nH]2)C=C1. The molecule has 0 aromatic carbocycles. The van der Waals surface area contributed by atoms with Crippen LogP contribution in [0.4, 0.5) is 0 Å². The maximum absolute atomic E-state index is 5.24. The van der Waals surface area contributed by atoms with E-state index in [4.69, 9.17) is 9.97 Å². The minimum Gasteiger partial charge on any atom is -0.361 e. The first-order chi connectivity index (χ1) is 21.8. The van der Waals surface area contributed by atoms with Crippen LogP contribution in [0.3, 0.4) is 0 Å². The van der Waals surface area contributed by atoms with Gasteiger partial charge in [0, 0.05) is 69.8 Å². The number of aromatic nitrogens is 8. The van der Waals surface area contributed by atoms with Crippen LogP contribution in [0.5, 0.6) is 0 Å². The van der Waals surface area contributed by atoms with E-state index in [2.05, 4.69) is 103 Å². The molecule has 0 aliphatic carbocycles. The van der Waals surface area contributed by atoms with E-state index in [1.165, 1.54) is 0 Å². The molecule has 0 unspecified atom stereocenters. The van der Waals surface area contributed by atoms with Gasteiger partial charge in [0.05, 0.1) is 44.8 Å². The van der Waals surface area contributed by atoms with E-state index in [-0.39, 0.29) is 0 Å². The lowest BCUT2D eigenvalue weighted by atomic mass is 10.1. The van der Waals surface area contributed by atoms with Crippen molar-refractivity contribution >= 4 is 46.4 Å². The van der Waals surface area contributed by atoms with Crippen LogP contribution in [0, 0.1) is 0 Å². The Labute approximate surface area is 251 Å². The summed E-state index contributed by atoms with van der Waals surface area (Å²) in [5.41, 5.74) is 15.2. The van der Waals surface area contributed by atoms with Gasteiger partial charge < -0.3 is 29.9 Å². The predicted octanol–water partition coefficient (Wildman–Crippen LogP) is 8.64. The van der Waals surface area contributed by atoms with E-state index in [0.29, 0.717) is 0 Å². The smallest absolute Gasteiger partial charge is 0.0752 e. The van der Waals surface area contributed by atoms with Crippen molar-refractivity contribution in [2.75, 3.05) is 0 Å². The van der Waals surface area contributed by atoms with Crippen LogP contribution in [0.1, 0.15) is 22.8 Å². The minimum atomic E-state index is 0.868. The van der Waals surface area contributed by atoms with E-state index >= 15 is 0 Å². The highest BCUT2D eigenvalue weighted by molar-refractivity contribution is 5.98. The maximum Gasteiger partial charge on any atom is 0.0752 e. The molecule has 2 aliphatic heterocycles. The number of nitrogens with one attached hydrogen (secondary N) is 6. The molecule has 0 fully saturated rings. The van der Waals surface area contributed by atoms with E-state index in [0.717, 1.165) is 89.9 Å². The number of hydrogen-bond donors (Lipinski definition) is 6. The third-order valence-corrected chi connectivity index (χ3v) is 8.22. The number of H-pyrrole nitrogens is 6. The zero-order valence-electron chi connectivity index (χ0n) is 23.4. The summed E-state index contributed by atoms with van der Waals surface area (Å²) in [5.74, 6) is 0. The summed E-state index contributed by atoms with van der Waals surface area (Å²) >= 11 is 0. The first kappa shape index (κ1) is 24.3. The normalized spacial score (nSPS) is 12.4. The second kappa shape index (κ2) is 9.64. The summed E-state index contributed by atoms with van der Waals surface area (Å²) in [6.07, 6.45) is 16.1. The molecule has 6 N–H and O–H groups in total. The highest BCUT2D eigenvalue weighted by Gasteiger charge is 2.19. The van der Waals surface area contributed by atoms with Crippen molar-refractivity contribution in [3.8, 4) is 45.0 Å². The zero-order chi connectivity index (χ0) is 29.0. The highest BCUT2D eigenvalue weighted by atomic mass is 14.8. The van der Waals surface area contributed by atoms with Crippen LogP contribution in [-0.2, 0) is 0 Å². The molecule has 210 valence electrons.